The Morgan fingerprint density at radius 1 is 1.20 bits per heavy atom. The number of hydrogen-bond acceptors (Lipinski definition) is 3. The van der Waals surface area contributed by atoms with Crippen molar-refractivity contribution in [2.24, 2.45) is 5.73 Å². The predicted octanol–water partition coefficient (Wildman–Crippen LogP) is 0.0782. The molecule has 2 rings (SSSR count). The molecule has 1 amide bonds. The minimum atomic E-state index is 0.111. The molecule has 0 aliphatic carbocycles. The Balaban J connectivity index is 1.92. The zero-order valence-corrected chi connectivity index (χ0v) is 9.24. The van der Waals surface area contributed by atoms with Crippen LogP contribution in [0, 0.1) is 0 Å². The summed E-state index contributed by atoms with van der Waals surface area (Å²) in [5.41, 5.74) is 5.86. The highest BCUT2D eigenvalue weighted by molar-refractivity contribution is 5.81. The lowest BCUT2D eigenvalue weighted by atomic mass is 10.0. The van der Waals surface area contributed by atoms with Crippen LogP contribution in [0.25, 0.3) is 0 Å². The van der Waals surface area contributed by atoms with Crippen molar-refractivity contribution >= 4 is 5.91 Å². The third kappa shape index (κ3) is 2.69. The number of carbonyl (C=O) groups excluding carboxylic acids is 1. The fourth-order valence-corrected chi connectivity index (χ4v) is 2.50. The quantitative estimate of drug-likeness (QED) is 0.645. The van der Waals surface area contributed by atoms with E-state index in [2.05, 4.69) is 10.2 Å². The van der Waals surface area contributed by atoms with Crippen molar-refractivity contribution in [3.8, 4) is 0 Å². The highest BCUT2D eigenvalue weighted by atomic mass is 16.2. The third-order valence-corrected chi connectivity index (χ3v) is 3.52. The van der Waals surface area contributed by atoms with Crippen molar-refractivity contribution in [2.45, 2.75) is 44.2 Å². The van der Waals surface area contributed by atoms with Gasteiger partial charge in [0, 0.05) is 25.7 Å². The summed E-state index contributed by atoms with van der Waals surface area (Å²) in [6.45, 7) is 2.82. The maximum absolute atomic E-state index is 11.8. The molecule has 2 heterocycles. The first-order chi connectivity index (χ1) is 7.27. The van der Waals surface area contributed by atoms with Crippen molar-refractivity contribution in [1.82, 2.24) is 10.2 Å². The SMILES string of the molecule is NC1CCN(C2CCCCNC2=O)CC1. The lowest BCUT2D eigenvalue weighted by molar-refractivity contribution is -0.126. The molecule has 2 saturated heterocycles. The zero-order chi connectivity index (χ0) is 10.7. The molecule has 1 unspecified atom stereocenters. The van der Waals surface area contributed by atoms with Gasteiger partial charge >= 0.3 is 0 Å². The Labute approximate surface area is 91.2 Å². The Hall–Kier alpha value is -0.610. The van der Waals surface area contributed by atoms with Crippen LogP contribution in [-0.2, 0) is 4.79 Å². The van der Waals surface area contributed by atoms with Gasteiger partial charge in [-0.25, -0.2) is 0 Å². The molecule has 0 radical (unpaired) electrons. The largest absolute Gasteiger partial charge is 0.355 e. The second-order valence-electron chi connectivity index (χ2n) is 4.68. The van der Waals surface area contributed by atoms with Gasteiger partial charge in [0.1, 0.15) is 0 Å². The average Bonchev–Trinajstić information content (AvgIpc) is 2.44. The summed E-state index contributed by atoms with van der Waals surface area (Å²) in [5, 5.41) is 2.99. The number of hydrogen-bond donors (Lipinski definition) is 2. The van der Waals surface area contributed by atoms with Crippen LogP contribution in [0.1, 0.15) is 32.1 Å². The van der Waals surface area contributed by atoms with Gasteiger partial charge in [0.2, 0.25) is 5.91 Å². The van der Waals surface area contributed by atoms with Crippen molar-refractivity contribution < 1.29 is 4.79 Å². The van der Waals surface area contributed by atoms with Gasteiger partial charge in [0.25, 0.3) is 0 Å². The van der Waals surface area contributed by atoms with Gasteiger partial charge in [0.05, 0.1) is 6.04 Å². The van der Waals surface area contributed by atoms with Gasteiger partial charge < -0.3 is 11.1 Å². The minimum absolute atomic E-state index is 0.111. The number of rotatable bonds is 1. The van der Waals surface area contributed by atoms with Crippen molar-refractivity contribution in [2.75, 3.05) is 19.6 Å². The van der Waals surface area contributed by atoms with E-state index in [1.807, 2.05) is 0 Å². The van der Waals surface area contributed by atoms with Gasteiger partial charge in [0.15, 0.2) is 0 Å². The summed E-state index contributed by atoms with van der Waals surface area (Å²) < 4.78 is 0. The van der Waals surface area contributed by atoms with E-state index in [1.54, 1.807) is 0 Å². The number of nitrogens with one attached hydrogen (secondary N) is 1. The first-order valence-electron chi connectivity index (χ1n) is 6.05. The van der Waals surface area contributed by atoms with E-state index >= 15 is 0 Å². The molecule has 0 bridgehead atoms. The number of carbonyl (C=O) groups is 1. The summed E-state index contributed by atoms with van der Waals surface area (Å²) in [6.07, 6.45) is 5.36. The molecule has 0 aromatic rings. The standard InChI is InChI=1S/C11H21N3O/c12-9-4-7-14(8-5-9)10-3-1-2-6-13-11(10)15/h9-10H,1-8,12H2,(H,13,15). The summed E-state index contributed by atoms with van der Waals surface area (Å²) in [7, 11) is 0. The van der Waals surface area contributed by atoms with Gasteiger partial charge in [-0.3, -0.25) is 9.69 Å². The van der Waals surface area contributed by atoms with E-state index in [1.165, 1.54) is 0 Å². The molecule has 15 heavy (non-hydrogen) atoms. The van der Waals surface area contributed by atoms with Crippen LogP contribution in [0.3, 0.4) is 0 Å². The van der Waals surface area contributed by atoms with Gasteiger partial charge in [-0.05, 0) is 32.1 Å². The van der Waals surface area contributed by atoms with Crippen LogP contribution < -0.4 is 11.1 Å². The Bertz CT molecular complexity index is 224. The van der Waals surface area contributed by atoms with E-state index in [0.717, 1.165) is 51.7 Å². The highest BCUT2D eigenvalue weighted by Gasteiger charge is 2.29. The molecule has 0 spiro atoms. The Kier molecular flexibility index (Phi) is 3.59. The molecule has 3 N–H and O–H groups in total. The van der Waals surface area contributed by atoms with Crippen molar-refractivity contribution in [3.05, 3.63) is 0 Å². The summed E-state index contributed by atoms with van der Waals surface area (Å²) in [5.74, 6) is 0.225. The van der Waals surface area contributed by atoms with Gasteiger partial charge in [-0.15, -0.1) is 0 Å². The normalized spacial score (nSPS) is 31.0. The number of nitrogens with zero attached hydrogens (tertiary/aromatic N) is 1. The van der Waals surface area contributed by atoms with E-state index in [-0.39, 0.29) is 11.9 Å². The lowest BCUT2D eigenvalue weighted by Crippen LogP contribution is -2.50. The third-order valence-electron chi connectivity index (χ3n) is 3.52. The van der Waals surface area contributed by atoms with Crippen LogP contribution in [-0.4, -0.2) is 42.5 Å². The van der Waals surface area contributed by atoms with E-state index in [9.17, 15) is 4.79 Å². The maximum atomic E-state index is 11.8. The van der Waals surface area contributed by atoms with Crippen molar-refractivity contribution in [1.29, 1.82) is 0 Å². The summed E-state index contributed by atoms with van der Waals surface area (Å²) in [4.78, 5) is 14.1. The highest BCUT2D eigenvalue weighted by Crippen LogP contribution is 2.17. The monoisotopic (exact) mass is 211 g/mol. The van der Waals surface area contributed by atoms with Gasteiger partial charge in [-0.2, -0.15) is 0 Å². The summed E-state index contributed by atoms with van der Waals surface area (Å²) in [6, 6.07) is 0.454. The minimum Gasteiger partial charge on any atom is -0.355 e. The maximum Gasteiger partial charge on any atom is 0.237 e. The van der Waals surface area contributed by atoms with E-state index in [4.69, 9.17) is 5.73 Å². The number of piperidine rings is 1. The fourth-order valence-electron chi connectivity index (χ4n) is 2.50. The molecule has 4 heteroatoms. The van der Waals surface area contributed by atoms with Crippen LogP contribution >= 0.6 is 0 Å². The molecular weight excluding hydrogens is 190 g/mol. The molecule has 0 aromatic carbocycles. The Morgan fingerprint density at radius 3 is 2.67 bits per heavy atom. The molecule has 2 aliphatic rings. The average molecular weight is 211 g/mol. The molecular formula is C11H21N3O. The topological polar surface area (TPSA) is 58.4 Å². The Morgan fingerprint density at radius 2 is 1.93 bits per heavy atom. The molecule has 4 nitrogen and oxygen atoms in total. The van der Waals surface area contributed by atoms with Gasteiger partial charge in [-0.1, -0.05) is 0 Å². The zero-order valence-electron chi connectivity index (χ0n) is 9.24. The molecule has 0 saturated carbocycles. The molecule has 86 valence electrons. The first-order valence-corrected chi connectivity index (χ1v) is 6.05. The molecule has 1 atom stereocenters. The second kappa shape index (κ2) is 4.94. The lowest BCUT2D eigenvalue weighted by Gasteiger charge is -2.35. The first kappa shape index (κ1) is 10.9. The second-order valence-corrected chi connectivity index (χ2v) is 4.68. The summed E-state index contributed by atoms with van der Waals surface area (Å²) >= 11 is 0. The number of amides is 1. The van der Waals surface area contributed by atoms with Crippen LogP contribution in [0.5, 0.6) is 0 Å². The number of nitrogens with two attached hydrogens (primary N) is 1. The molecule has 0 aromatic heterocycles. The fraction of sp³-hybridized carbons (Fsp3) is 0.909. The molecule has 2 aliphatic heterocycles. The van der Waals surface area contributed by atoms with Crippen LogP contribution in [0.2, 0.25) is 0 Å². The van der Waals surface area contributed by atoms with E-state index in [0.29, 0.717) is 6.04 Å². The van der Waals surface area contributed by atoms with Crippen LogP contribution in [0.15, 0.2) is 0 Å². The molecule has 2 fully saturated rings. The number of likely N-dealkylation sites (tertiary alicyclic amines) is 1. The van der Waals surface area contributed by atoms with Crippen molar-refractivity contribution in [3.63, 3.8) is 0 Å². The van der Waals surface area contributed by atoms with Crippen LogP contribution in [0.4, 0.5) is 0 Å². The van der Waals surface area contributed by atoms with E-state index < -0.39 is 0 Å². The smallest absolute Gasteiger partial charge is 0.237 e. The predicted molar refractivity (Wildman–Crippen MR) is 59.4 cm³/mol.